The Hall–Kier alpha value is -0.370. The van der Waals surface area contributed by atoms with Gasteiger partial charge in [0.15, 0.2) is 0 Å². The van der Waals surface area contributed by atoms with E-state index in [0.29, 0.717) is 0 Å². The van der Waals surface area contributed by atoms with E-state index < -0.39 is 0 Å². The molecular weight excluding hydrogens is 76.1 g/mol. The Bertz CT molecular complexity index is 42.8. The van der Waals surface area contributed by atoms with Crippen LogP contribution in [0.5, 0.6) is 0 Å². The Morgan fingerprint density at radius 1 is 1.83 bits per heavy atom. The van der Waals surface area contributed by atoms with Gasteiger partial charge in [0, 0.05) is 12.3 Å². The minimum atomic E-state index is 0.227. The smallest absolute Gasteiger partial charge is 0.0386 e. The van der Waals surface area contributed by atoms with Gasteiger partial charge < -0.3 is 10.7 Å². The standard InChI is InChI=1S/C4H10N2/c1-4(3-5)6-2/h3-6H,1-2H3. The van der Waals surface area contributed by atoms with Crippen molar-refractivity contribution in [2.75, 3.05) is 7.05 Å². The third-order valence-corrected chi connectivity index (χ3v) is 0.705. The monoisotopic (exact) mass is 86.1 g/mol. The van der Waals surface area contributed by atoms with Gasteiger partial charge in [0.2, 0.25) is 0 Å². The van der Waals surface area contributed by atoms with Gasteiger partial charge in [-0.15, -0.1) is 0 Å². The highest BCUT2D eigenvalue weighted by Crippen LogP contribution is 1.64. The van der Waals surface area contributed by atoms with Crippen molar-refractivity contribution in [1.29, 1.82) is 5.41 Å². The minimum Gasteiger partial charge on any atom is -0.312 e. The van der Waals surface area contributed by atoms with E-state index in [4.69, 9.17) is 5.41 Å². The lowest BCUT2D eigenvalue weighted by Crippen LogP contribution is -2.21. The summed E-state index contributed by atoms with van der Waals surface area (Å²) >= 11 is 0. The van der Waals surface area contributed by atoms with Crippen LogP contribution in [-0.4, -0.2) is 19.3 Å². The first-order valence-corrected chi connectivity index (χ1v) is 1.99. The average Bonchev–Trinajstić information content (AvgIpc) is 1.65. The fourth-order valence-corrected chi connectivity index (χ4v) is 0.0833. The summed E-state index contributed by atoms with van der Waals surface area (Å²) in [5.41, 5.74) is 0. The van der Waals surface area contributed by atoms with Gasteiger partial charge in [0.1, 0.15) is 0 Å². The molecule has 0 radical (unpaired) electrons. The van der Waals surface area contributed by atoms with Gasteiger partial charge in [0.05, 0.1) is 0 Å². The molecule has 2 heteroatoms. The molecule has 0 saturated heterocycles. The molecule has 2 N–H and O–H groups in total. The van der Waals surface area contributed by atoms with E-state index >= 15 is 0 Å². The van der Waals surface area contributed by atoms with E-state index in [9.17, 15) is 0 Å². The molecule has 0 spiro atoms. The summed E-state index contributed by atoms with van der Waals surface area (Å²) in [5, 5.41) is 9.49. The van der Waals surface area contributed by atoms with Crippen LogP contribution < -0.4 is 5.32 Å². The Kier molecular flexibility index (Phi) is 2.67. The van der Waals surface area contributed by atoms with Crippen LogP contribution in [0.15, 0.2) is 0 Å². The number of nitrogens with one attached hydrogen (secondary N) is 2. The molecule has 36 valence electrons. The fourth-order valence-electron chi connectivity index (χ4n) is 0.0833. The van der Waals surface area contributed by atoms with Crippen LogP contribution in [0.25, 0.3) is 0 Å². The van der Waals surface area contributed by atoms with Gasteiger partial charge in [-0.2, -0.15) is 0 Å². The zero-order valence-electron chi connectivity index (χ0n) is 4.15. The van der Waals surface area contributed by atoms with Crippen molar-refractivity contribution in [3.8, 4) is 0 Å². The van der Waals surface area contributed by atoms with E-state index in [1.54, 1.807) is 0 Å². The summed E-state index contributed by atoms with van der Waals surface area (Å²) in [6.45, 7) is 1.92. The maximum atomic E-state index is 6.62. The maximum Gasteiger partial charge on any atom is 0.0386 e. The lowest BCUT2D eigenvalue weighted by molar-refractivity contribution is 0.772. The molecule has 0 aliphatic carbocycles. The Balaban J connectivity index is 2.96. The van der Waals surface area contributed by atoms with Crippen LogP contribution in [0.3, 0.4) is 0 Å². The Labute approximate surface area is 38.1 Å². The van der Waals surface area contributed by atoms with E-state index in [-0.39, 0.29) is 6.04 Å². The highest BCUT2D eigenvalue weighted by molar-refractivity contribution is 5.59. The van der Waals surface area contributed by atoms with Gasteiger partial charge in [0.25, 0.3) is 0 Å². The van der Waals surface area contributed by atoms with Gasteiger partial charge in [-0.25, -0.2) is 0 Å². The lowest BCUT2D eigenvalue weighted by Gasteiger charge is -1.96. The van der Waals surface area contributed by atoms with E-state index in [1.807, 2.05) is 14.0 Å². The third-order valence-electron chi connectivity index (χ3n) is 0.705. The molecule has 0 aromatic carbocycles. The zero-order chi connectivity index (χ0) is 4.99. The topological polar surface area (TPSA) is 35.9 Å². The van der Waals surface area contributed by atoms with Crippen molar-refractivity contribution in [1.82, 2.24) is 5.32 Å². The van der Waals surface area contributed by atoms with Crippen LogP contribution in [-0.2, 0) is 0 Å². The Morgan fingerprint density at radius 3 is 2.33 bits per heavy atom. The van der Waals surface area contributed by atoms with Crippen LogP contribution in [0.4, 0.5) is 0 Å². The summed E-state index contributed by atoms with van der Waals surface area (Å²) < 4.78 is 0. The largest absolute Gasteiger partial charge is 0.312 e. The molecule has 0 heterocycles. The van der Waals surface area contributed by atoms with Crippen LogP contribution in [0, 0.1) is 5.41 Å². The summed E-state index contributed by atoms with van der Waals surface area (Å²) in [4.78, 5) is 0. The number of rotatable bonds is 2. The first-order valence-electron chi connectivity index (χ1n) is 1.99. The summed E-state index contributed by atoms with van der Waals surface area (Å²) in [7, 11) is 1.83. The number of hydrogen-bond acceptors (Lipinski definition) is 2. The third kappa shape index (κ3) is 1.91. The van der Waals surface area contributed by atoms with E-state index in [2.05, 4.69) is 5.32 Å². The fraction of sp³-hybridized carbons (Fsp3) is 0.750. The molecule has 0 saturated carbocycles. The van der Waals surface area contributed by atoms with Gasteiger partial charge in [-0.1, -0.05) is 0 Å². The minimum absolute atomic E-state index is 0.227. The lowest BCUT2D eigenvalue weighted by atomic mass is 10.4. The van der Waals surface area contributed by atoms with Crippen LogP contribution in [0.2, 0.25) is 0 Å². The zero-order valence-corrected chi connectivity index (χ0v) is 4.15. The predicted octanol–water partition coefficient (Wildman–Crippen LogP) is 0.244. The highest BCUT2D eigenvalue weighted by atomic mass is 14.9. The molecule has 0 aromatic heterocycles. The average molecular weight is 86.1 g/mol. The molecule has 0 rings (SSSR count). The molecule has 0 bridgehead atoms. The molecule has 0 aliphatic rings. The van der Waals surface area contributed by atoms with Crippen LogP contribution in [0.1, 0.15) is 6.92 Å². The van der Waals surface area contributed by atoms with Gasteiger partial charge in [-0.05, 0) is 14.0 Å². The SMILES string of the molecule is CNC(C)C=N. The molecule has 0 aromatic rings. The molecule has 0 amide bonds. The highest BCUT2D eigenvalue weighted by Gasteiger charge is 1.83. The maximum absolute atomic E-state index is 6.62. The molecule has 1 unspecified atom stereocenters. The quantitative estimate of drug-likeness (QED) is 0.464. The van der Waals surface area contributed by atoms with Crippen molar-refractivity contribution in [2.24, 2.45) is 0 Å². The van der Waals surface area contributed by atoms with Crippen molar-refractivity contribution < 1.29 is 0 Å². The van der Waals surface area contributed by atoms with Gasteiger partial charge in [-0.3, -0.25) is 0 Å². The second kappa shape index (κ2) is 2.85. The second-order valence-electron chi connectivity index (χ2n) is 1.24. The molecule has 0 fully saturated rings. The first-order chi connectivity index (χ1) is 2.81. The predicted molar refractivity (Wildman–Crippen MR) is 27.3 cm³/mol. The second-order valence-corrected chi connectivity index (χ2v) is 1.24. The summed E-state index contributed by atoms with van der Waals surface area (Å²) in [6.07, 6.45) is 1.36. The summed E-state index contributed by atoms with van der Waals surface area (Å²) in [5.74, 6) is 0. The molecule has 0 aliphatic heterocycles. The Morgan fingerprint density at radius 2 is 2.33 bits per heavy atom. The molecular formula is C4H10N2. The molecule has 2 nitrogen and oxygen atoms in total. The van der Waals surface area contributed by atoms with Crippen molar-refractivity contribution in [3.63, 3.8) is 0 Å². The van der Waals surface area contributed by atoms with Crippen LogP contribution >= 0.6 is 0 Å². The van der Waals surface area contributed by atoms with E-state index in [1.165, 1.54) is 6.21 Å². The van der Waals surface area contributed by atoms with Crippen molar-refractivity contribution >= 4 is 6.21 Å². The van der Waals surface area contributed by atoms with Crippen molar-refractivity contribution in [2.45, 2.75) is 13.0 Å². The molecule has 6 heavy (non-hydrogen) atoms. The van der Waals surface area contributed by atoms with E-state index in [0.717, 1.165) is 0 Å². The number of hydrogen-bond donors (Lipinski definition) is 2. The summed E-state index contributed by atoms with van der Waals surface area (Å²) in [6, 6.07) is 0.227. The molecule has 1 atom stereocenters. The first kappa shape index (κ1) is 5.63. The van der Waals surface area contributed by atoms with Crippen molar-refractivity contribution in [3.05, 3.63) is 0 Å². The van der Waals surface area contributed by atoms with Gasteiger partial charge >= 0.3 is 0 Å². The normalized spacial score (nSPS) is 13.7.